The summed E-state index contributed by atoms with van der Waals surface area (Å²) < 4.78 is 0. The number of rotatable bonds is 3. The molecule has 1 aliphatic rings. The number of aromatic nitrogens is 1. The second-order valence-electron chi connectivity index (χ2n) is 4.54. The zero-order valence-electron chi connectivity index (χ0n) is 10.5. The van der Waals surface area contributed by atoms with Crippen LogP contribution >= 0.6 is 11.6 Å². The minimum absolute atomic E-state index is 0.145. The number of carbonyl (C=O) groups excluding carboxylic acids is 1. The summed E-state index contributed by atoms with van der Waals surface area (Å²) in [5, 5.41) is 12.0. The summed E-state index contributed by atoms with van der Waals surface area (Å²) >= 11 is 5.93. The Bertz CT molecular complexity index is 492. The molecule has 2 heterocycles. The van der Waals surface area contributed by atoms with Crippen molar-refractivity contribution in [2.75, 3.05) is 19.6 Å². The Balaban J connectivity index is 1.88. The molecule has 2 rings (SSSR count). The molecule has 1 amide bonds. The summed E-state index contributed by atoms with van der Waals surface area (Å²) in [5.41, 5.74) is 0.455. The van der Waals surface area contributed by atoms with Crippen LogP contribution in [0.15, 0.2) is 18.5 Å². The summed E-state index contributed by atoms with van der Waals surface area (Å²) in [7, 11) is 0. The predicted octanol–water partition coefficient (Wildman–Crippen LogP) is 1.45. The minimum atomic E-state index is -0.161. The van der Waals surface area contributed by atoms with Crippen molar-refractivity contribution in [1.29, 1.82) is 5.26 Å². The smallest absolute Gasteiger partial charge is 0.253 e. The van der Waals surface area contributed by atoms with Gasteiger partial charge in [0.2, 0.25) is 0 Å². The lowest BCUT2D eigenvalue weighted by Crippen LogP contribution is -2.44. The van der Waals surface area contributed by atoms with E-state index in [4.69, 9.17) is 16.9 Å². The van der Waals surface area contributed by atoms with E-state index in [-0.39, 0.29) is 11.9 Å². The monoisotopic (exact) mass is 278 g/mol. The second-order valence-corrected chi connectivity index (χ2v) is 4.94. The van der Waals surface area contributed by atoms with Gasteiger partial charge in [0, 0.05) is 31.5 Å². The highest BCUT2D eigenvalue weighted by Crippen LogP contribution is 2.15. The summed E-state index contributed by atoms with van der Waals surface area (Å²) in [4.78, 5) is 18.0. The van der Waals surface area contributed by atoms with Crippen LogP contribution in [-0.2, 0) is 0 Å². The molecule has 0 bridgehead atoms. The van der Waals surface area contributed by atoms with Crippen LogP contribution in [0, 0.1) is 11.3 Å². The molecule has 5 nitrogen and oxygen atoms in total. The minimum Gasteiger partial charge on any atom is -0.349 e. The van der Waals surface area contributed by atoms with Crippen molar-refractivity contribution < 1.29 is 4.79 Å². The van der Waals surface area contributed by atoms with Gasteiger partial charge in [-0.1, -0.05) is 11.6 Å². The molecule has 1 aliphatic heterocycles. The maximum atomic E-state index is 12.1. The van der Waals surface area contributed by atoms with Crippen LogP contribution in [0.2, 0.25) is 5.02 Å². The van der Waals surface area contributed by atoms with Gasteiger partial charge in [-0.3, -0.25) is 14.7 Å². The fourth-order valence-electron chi connectivity index (χ4n) is 2.16. The number of piperidine rings is 1. The molecule has 19 heavy (non-hydrogen) atoms. The third-order valence-electron chi connectivity index (χ3n) is 3.23. The first-order valence-electron chi connectivity index (χ1n) is 6.20. The maximum Gasteiger partial charge on any atom is 0.253 e. The first kappa shape index (κ1) is 13.8. The number of amides is 1. The molecule has 0 aliphatic carbocycles. The number of hydrogen-bond acceptors (Lipinski definition) is 4. The van der Waals surface area contributed by atoms with Crippen molar-refractivity contribution in [2.45, 2.75) is 18.9 Å². The largest absolute Gasteiger partial charge is 0.349 e. The van der Waals surface area contributed by atoms with Gasteiger partial charge in [0.05, 0.1) is 23.2 Å². The highest BCUT2D eigenvalue weighted by molar-refractivity contribution is 6.33. The van der Waals surface area contributed by atoms with Gasteiger partial charge in [0.15, 0.2) is 0 Å². The van der Waals surface area contributed by atoms with E-state index in [2.05, 4.69) is 21.3 Å². The van der Waals surface area contributed by atoms with E-state index in [9.17, 15) is 4.79 Å². The van der Waals surface area contributed by atoms with Gasteiger partial charge in [0.1, 0.15) is 0 Å². The third kappa shape index (κ3) is 3.66. The number of nitrogens with zero attached hydrogens (tertiary/aromatic N) is 3. The molecule has 100 valence electrons. The van der Waals surface area contributed by atoms with Crippen LogP contribution in [0.1, 0.15) is 23.2 Å². The van der Waals surface area contributed by atoms with E-state index in [1.807, 2.05) is 0 Å². The number of carbonyl (C=O) groups is 1. The van der Waals surface area contributed by atoms with Crippen molar-refractivity contribution in [3.63, 3.8) is 0 Å². The fourth-order valence-corrected chi connectivity index (χ4v) is 2.36. The average Bonchev–Trinajstić information content (AvgIpc) is 2.42. The lowest BCUT2D eigenvalue weighted by atomic mass is 10.0. The lowest BCUT2D eigenvalue weighted by Gasteiger charge is -2.30. The average molecular weight is 279 g/mol. The van der Waals surface area contributed by atoms with Crippen LogP contribution in [0.5, 0.6) is 0 Å². The first-order valence-corrected chi connectivity index (χ1v) is 6.58. The molecule has 0 aromatic carbocycles. The number of halogens is 1. The van der Waals surface area contributed by atoms with E-state index >= 15 is 0 Å². The highest BCUT2D eigenvalue weighted by Gasteiger charge is 2.21. The van der Waals surface area contributed by atoms with Crippen molar-refractivity contribution in [3.8, 4) is 6.07 Å². The number of hydrogen-bond donors (Lipinski definition) is 1. The molecule has 0 radical (unpaired) electrons. The van der Waals surface area contributed by atoms with E-state index < -0.39 is 0 Å². The molecule has 6 heteroatoms. The Morgan fingerprint density at radius 2 is 2.32 bits per heavy atom. The maximum absolute atomic E-state index is 12.1. The molecule has 0 atom stereocenters. The summed E-state index contributed by atoms with van der Waals surface area (Å²) in [6.45, 7) is 2.13. The van der Waals surface area contributed by atoms with Crippen molar-refractivity contribution in [2.24, 2.45) is 0 Å². The van der Waals surface area contributed by atoms with E-state index in [0.717, 1.165) is 25.9 Å². The number of pyridine rings is 1. The van der Waals surface area contributed by atoms with Gasteiger partial charge in [0.25, 0.3) is 5.91 Å². The third-order valence-corrected chi connectivity index (χ3v) is 3.54. The van der Waals surface area contributed by atoms with Crippen molar-refractivity contribution in [3.05, 3.63) is 29.0 Å². The molecule has 1 aromatic rings. The van der Waals surface area contributed by atoms with Crippen molar-refractivity contribution >= 4 is 17.5 Å². The second kappa shape index (κ2) is 6.50. The zero-order chi connectivity index (χ0) is 13.7. The molecule has 1 fully saturated rings. The van der Waals surface area contributed by atoms with Gasteiger partial charge in [-0.15, -0.1) is 0 Å². The molecule has 1 N–H and O–H groups in total. The molecule has 0 unspecified atom stereocenters. The molecule has 0 spiro atoms. The highest BCUT2D eigenvalue weighted by atomic mass is 35.5. The van der Waals surface area contributed by atoms with Gasteiger partial charge in [-0.2, -0.15) is 5.26 Å². The van der Waals surface area contributed by atoms with Gasteiger partial charge < -0.3 is 5.32 Å². The van der Waals surface area contributed by atoms with E-state index in [1.165, 1.54) is 6.20 Å². The quantitative estimate of drug-likeness (QED) is 0.850. The normalized spacial score (nSPS) is 16.8. The Morgan fingerprint density at radius 3 is 2.95 bits per heavy atom. The number of likely N-dealkylation sites (tertiary alicyclic amines) is 1. The van der Waals surface area contributed by atoms with Gasteiger partial charge in [-0.05, 0) is 18.9 Å². The fraction of sp³-hybridized carbons (Fsp3) is 0.462. The van der Waals surface area contributed by atoms with E-state index in [1.54, 1.807) is 12.3 Å². The van der Waals surface area contributed by atoms with Crippen LogP contribution < -0.4 is 5.32 Å². The van der Waals surface area contributed by atoms with Gasteiger partial charge in [-0.25, -0.2) is 0 Å². The number of nitriles is 1. The van der Waals surface area contributed by atoms with Crippen molar-refractivity contribution in [1.82, 2.24) is 15.2 Å². The molecule has 1 saturated heterocycles. The topological polar surface area (TPSA) is 69.0 Å². The van der Waals surface area contributed by atoms with Crippen LogP contribution in [0.4, 0.5) is 0 Å². The molecular formula is C13H15ClN4O. The molecule has 0 saturated carbocycles. The molecule has 1 aromatic heterocycles. The summed E-state index contributed by atoms with van der Waals surface area (Å²) in [6.07, 6.45) is 4.73. The van der Waals surface area contributed by atoms with Crippen LogP contribution in [0.3, 0.4) is 0 Å². The SMILES string of the molecule is N#CCN1CCC(NC(=O)c2ccncc2Cl)CC1. The zero-order valence-corrected chi connectivity index (χ0v) is 11.2. The predicted molar refractivity (Wildman–Crippen MR) is 71.8 cm³/mol. The first-order chi connectivity index (χ1) is 9.20. The Morgan fingerprint density at radius 1 is 1.58 bits per heavy atom. The van der Waals surface area contributed by atoms with E-state index in [0.29, 0.717) is 17.1 Å². The Labute approximate surface area is 117 Å². The number of nitrogens with one attached hydrogen (secondary N) is 1. The molecular weight excluding hydrogens is 264 g/mol. The summed E-state index contributed by atoms with van der Waals surface area (Å²) in [5.74, 6) is -0.161. The van der Waals surface area contributed by atoms with Crippen LogP contribution in [-0.4, -0.2) is 41.5 Å². The summed E-state index contributed by atoms with van der Waals surface area (Å²) in [6, 6.07) is 3.90. The standard InChI is InChI=1S/C13H15ClN4O/c14-12-9-16-5-1-11(12)13(19)17-10-2-6-18(7-3-10)8-4-15/h1,5,9-10H,2-3,6-8H2,(H,17,19). The Kier molecular flexibility index (Phi) is 4.72. The van der Waals surface area contributed by atoms with Gasteiger partial charge >= 0.3 is 0 Å². The Hall–Kier alpha value is -1.64. The lowest BCUT2D eigenvalue weighted by molar-refractivity contribution is 0.0914. The van der Waals surface area contributed by atoms with Crippen LogP contribution in [0.25, 0.3) is 0 Å².